The van der Waals surface area contributed by atoms with Crippen molar-refractivity contribution in [2.75, 3.05) is 6.61 Å². The summed E-state index contributed by atoms with van der Waals surface area (Å²) in [5, 5.41) is 0. The molecule has 0 saturated carbocycles. The molecule has 5 nitrogen and oxygen atoms in total. The lowest BCUT2D eigenvalue weighted by atomic mass is 10.2. The van der Waals surface area contributed by atoms with Gasteiger partial charge in [0.25, 0.3) is 5.56 Å². The first-order valence-electron chi connectivity index (χ1n) is 9.21. The number of hydrogen-bond acceptors (Lipinski definition) is 3. The maximum atomic E-state index is 12.6. The highest BCUT2D eigenvalue weighted by Gasteiger charge is 2.19. The van der Waals surface area contributed by atoms with Gasteiger partial charge in [-0.05, 0) is 36.8 Å². The number of para-hydroxylation sites is 1. The average molecular weight is 372 g/mol. The molecule has 2 heterocycles. The molecule has 5 heteroatoms. The third kappa shape index (κ3) is 3.22. The van der Waals surface area contributed by atoms with E-state index < -0.39 is 5.97 Å². The molecule has 0 saturated heterocycles. The van der Waals surface area contributed by atoms with Crippen molar-refractivity contribution in [1.29, 1.82) is 0 Å². The Kier molecular flexibility index (Phi) is 4.81. The molecule has 0 spiro atoms. The highest BCUT2D eigenvalue weighted by atomic mass is 16.5. The van der Waals surface area contributed by atoms with Crippen LogP contribution in [-0.2, 0) is 11.3 Å². The van der Waals surface area contributed by atoms with Crippen molar-refractivity contribution in [2.45, 2.75) is 13.5 Å². The average Bonchev–Trinajstić information content (AvgIpc) is 3.08. The van der Waals surface area contributed by atoms with Gasteiger partial charge in [-0.3, -0.25) is 9.36 Å². The fourth-order valence-electron chi connectivity index (χ4n) is 3.40. The number of ether oxygens (including phenoxy) is 1. The number of esters is 1. The molecule has 0 bridgehead atoms. The van der Waals surface area contributed by atoms with Crippen LogP contribution in [0, 0.1) is 0 Å². The standard InChI is InChI=1S/C23H20N2O3/c1-2-28-23(27)21-15-20-19(24(21)16-17-9-5-3-6-10-17)13-14-22(26)25(20)18-11-7-4-8-12-18/h3-15H,2,16H2,1H3. The summed E-state index contributed by atoms with van der Waals surface area (Å²) in [4.78, 5) is 25.3. The van der Waals surface area contributed by atoms with Crippen LogP contribution in [0.2, 0.25) is 0 Å². The van der Waals surface area contributed by atoms with Crippen LogP contribution in [0.4, 0.5) is 0 Å². The van der Waals surface area contributed by atoms with Gasteiger partial charge in [-0.1, -0.05) is 48.5 Å². The van der Waals surface area contributed by atoms with E-state index in [1.54, 1.807) is 23.6 Å². The SMILES string of the molecule is CCOC(=O)c1cc2c(ccc(=O)n2-c2ccccc2)n1Cc1ccccc1. The first-order chi connectivity index (χ1) is 13.7. The van der Waals surface area contributed by atoms with Crippen LogP contribution in [-0.4, -0.2) is 21.7 Å². The van der Waals surface area contributed by atoms with Gasteiger partial charge in [-0.15, -0.1) is 0 Å². The van der Waals surface area contributed by atoms with Gasteiger partial charge in [0.2, 0.25) is 0 Å². The van der Waals surface area contributed by atoms with E-state index >= 15 is 0 Å². The van der Waals surface area contributed by atoms with Gasteiger partial charge in [-0.2, -0.15) is 0 Å². The normalized spacial score (nSPS) is 10.9. The Balaban J connectivity index is 1.97. The zero-order valence-electron chi connectivity index (χ0n) is 15.5. The second kappa shape index (κ2) is 7.56. The number of aromatic nitrogens is 2. The molecule has 2 aromatic carbocycles. The summed E-state index contributed by atoms with van der Waals surface area (Å²) in [5.41, 5.74) is 3.57. The molecular formula is C23H20N2O3. The second-order valence-electron chi connectivity index (χ2n) is 6.43. The Hall–Kier alpha value is -3.60. The maximum Gasteiger partial charge on any atom is 0.355 e. The summed E-state index contributed by atoms with van der Waals surface area (Å²) in [6, 6.07) is 24.4. The van der Waals surface area contributed by atoms with E-state index in [2.05, 4.69) is 0 Å². The second-order valence-corrected chi connectivity index (χ2v) is 6.43. The third-order valence-electron chi connectivity index (χ3n) is 4.65. The van der Waals surface area contributed by atoms with Gasteiger partial charge < -0.3 is 9.30 Å². The molecule has 0 aliphatic heterocycles. The minimum absolute atomic E-state index is 0.147. The highest BCUT2D eigenvalue weighted by Crippen LogP contribution is 2.23. The van der Waals surface area contributed by atoms with Crippen LogP contribution in [0.3, 0.4) is 0 Å². The first kappa shape index (κ1) is 17.8. The zero-order chi connectivity index (χ0) is 19.5. The Labute approximate surface area is 162 Å². The molecule has 0 aliphatic rings. The molecule has 0 amide bonds. The van der Waals surface area contributed by atoms with E-state index in [1.807, 2.05) is 65.2 Å². The fourth-order valence-corrected chi connectivity index (χ4v) is 3.40. The number of fused-ring (bicyclic) bond motifs is 1. The zero-order valence-corrected chi connectivity index (χ0v) is 15.5. The predicted molar refractivity (Wildman–Crippen MR) is 109 cm³/mol. The van der Waals surface area contributed by atoms with Crippen LogP contribution in [0.25, 0.3) is 16.7 Å². The van der Waals surface area contributed by atoms with Crippen molar-refractivity contribution in [3.05, 3.63) is 100 Å². The van der Waals surface area contributed by atoms with Crippen molar-refractivity contribution in [2.24, 2.45) is 0 Å². The molecule has 28 heavy (non-hydrogen) atoms. The smallest absolute Gasteiger partial charge is 0.355 e. The largest absolute Gasteiger partial charge is 0.461 e. The summed E-state index contributed by atoms with van der Waals surface area (Å²) in [5.74, 6) is -0.401. The van der Waals surface area contributed by atoms with Crippen molar-refractivity contribution < 1.29 is 9.53 Å². The lowest BCUT2D eigenvalue weighted by Gasteiger charge is -2.11. The molecule has 0 unspecified atom stereocenters. The van der Waals surface area contributed by atoms with Gasteiger partial charge in [-0.25, -0.2) is 4.79 Å². The van der Waals surface area contributed by atoms with Crippen molar-refractivity contribution in [3.63, 3.8) is 0 Å². The molecule has 4 aromatic rings. The molecule has 2 aromatic heterocycles. The lowest BCUT2D eigenvalue weighted by molar-refractivity contribution is 0.0515. The van der Waals surface area contributed by atoms with Crippen LogP contribution in [0.5, 0.6) is 0 Å². The fraction of sp³-hybridized carbons (Fsp3) is 0.130. The van der Waals surface area contributed by atoms with Gasteiger partial charge in [0.1, 0.15) is 5.69 Å². The van der Waals surface area contributed by atoms with Crippen molar-refractivity contribution >= 4 is 17.0 Å². The summed E-state index contributed by atoms with van der Waals surface area (Å²) >= 11 is 0. The third-order valence-corrected chi connectivity index (χ3v) is 4.65. The van der Waals surface area contributed by atoms with E-state index in [-0.39, 0.29) is 12.2 Å². The van der Waals surface area contributed by atoms with E-state index in [1.165, 1.54) is 6.07 Å². The number of rotatable bonds is 5. The Morgan fingerprint density at radius 1 is 0.893 bits per heavy atom. The van der Waals surface area contributed by atoms with Crippen molar-refractivity contribution in [3.8, 4) is 5.69 Å². The summed E-state index contributed by atoms with van der Waals surface area (Å²) < 4.78 is 8.79. The van der Waals surface area contributed by atoms with E-state index in [0.29, 0.717) is 17.8 Å². The van der Waals surface area contributed by atoms with Crippen LogP contribution in [0.1, 0.15) is 23.0 Å². The molecule has 0 radical (unpaired) electrons. The molecule has 140 valence electrons. The predicted octanol–water partition coefficient (Wildman–Crippen LogP) is 4.02. The maximum absolute atomic E-state index is 12.6. The van der Waals surface area contributed by atoms with E-state index in [9.17, 15) is 9.59 Å². The monoisotopic (exact) mass is 372 g/mol. The quantitative estimate of drug-likeness (QED) is 0.497. The minimum Gasteiger partial charge on any atom is -0.461 e. The molecule has 0 atom stereocenters. The number of carbonyl (C=O) groups is 1. The topological polar surface area (TPSA) is 53.2 Å². The molecular weight excluding hydrogens is 352 g/mol. The lowest BCUT2D eigenvalue weighted by Crippen LogP contribution is -2.17. The van der Waals surface area contributed by atoms with Crippen LogP contribution >= 0.6 is 0 Å². The number of nitrogens with zero attached hydrogens (tertiary/aromatic N) is 2. The van der Waals surface area contributed by atoms with Gasteiger partial charge in [0.05, 0.1) is 17.6 Å². The van der Waals surface area contributed by atoms with Gasteiger partial charge in [0.15, 0.2) is 0 Å². The summed E-state index contributed by atoms with van der Waals surface area (Å²) in [6.45, 7) is 2.57. The Morgan fingerprint density at radius 3 is 2.25 bits per heavy atom. The summed E-state index contributed by atoms with van der Waals surface area (Å²) in [6.07, 6.45) is 0. The Bertz CT molecular complexity index is 1180. The summed E-state index contributed by atoms with van der Waals surface area (Å²) in [7, 11) is 0. The van der Waals surface area contributed by atoms with Gasteiger partial charge >= 0.3 is 5.97 Å². The number of carbonyl (C=O) groups excluding carboxylic acids is 1. The molecule has 0 N–H and O–H groups in total. The van der Waals surface area contributed by atoms with E-state index in [0.717, 1.165) is 16.8 Å². The molecule has 0 fully saturated rings. The first-order valence-corrected chi connectivity index (χ1v) is 9.21. The van der Waals surface area contributed by atoms with Gasteiger partial charge in [0, 0.05) is 18.3 Å². The highest BCUT2D eigenvalue weighted by molar-refractivity contribution is 5.95. The van der Waals surface area contributed by atoms with Crippen LogP contribution < -0.4 is 5.56 Å². The number of pyridine rings is 1. The Morgan fingerprint density at radius 2 is 1.57 bits per heavy atom. The number of hydrogen-bond donors (Lipinski definition) is 0. The number of benzene rings is 2. The van der Waals surface area contributed by atoms with Crippen molar-refractivity contribution in [1.82, 2.24) is 9.13 Å². The van der Waals surface area contributed by atoms with Crippen LogP contribution in [0.15, 0.2) is 83.7 Å². The minimum atomic E-state index is -0.401. The molecule has 4 rings (SSSR count). The molecule has 0 aliphatic carbocycles. The van der Waals surface area contributed by atoms with E-state index in [4.69, 9.17) is 4.74 Å².